The molecule has 188 valence electrons. The van der Waals surface area contributed by atoms with Crippen molar-refractivity contribution >= 4 is 33.6 Å². The van der Waals surface area contributed by atoms with E-state index in [-0.39, 0.29) is 17.2 Å². The number of benzene rings is 3. The Labute approximate surface area is 206 Å². The van der Waals surface area contributed by atoms with Gasteiger partial charge in [-0.2, -0.15) is 5.10 Å². The predicted octanol–water partition coefficient (Wildman–Crippen LogP) is 3.06. The zero-order valence-corrected chi connectivity index (χ0v) is 20.0. The molecular formula is C23H22N4O8S. The predicted molar refractivity (Wildman–Crippen MR) is 131 cm³/mol. The molecule has 12 nitrogen and oxygen atoms in total. The fraction of sp³-hybridized carbons (Fsp3) is 0.130. The largest absolute Gasteiger partial charge is 0.493 e. The molecule has 0 saturated heterocycles. The van der Waals surface area contributed by atoms with Crippen LogP contribution >= 0.6 is 0 Å². The van der Waals surface area contributed by atoms with E-state index in [0.717, 1.165) is 17.7 Å². The van der Waals surface area contributed by atoms with Crippen LogP contribution in [0.5, 0.6) is 11.5 Å². The summed E-state index contributed by atoms with van der Waals surface area (Å²) in [5, 5.41) is 20.3. The number of hydrogen-bond donors (Lipinski definition) is 2. The van der Waals surface area contributed by atoms with Crippen molar-refractivity contribution in [3.63, 3.8) is 0 Å². The van der Waals surface area contributed by atoms with Gasteiger partial charge in [0.15, 0.2) is 11.5 Å². The van der Waals surface area contributed by atoms with E-state index in [1.807, 2.05) is 0 Å². The van der Waals surface area contributed by atoms with Gasteiger partial charge in [0.1, 0.15) is 12.3 Å². The second kappa shape index (κ2) is 11.3. The summed E-state index contributed by atoms with van der Waals surface area (Å²) in [4.78, 5) is 21.7. The highest BCUT2D eigenvalue weighted by atomic mass is 32.2. The van der Waals surface area contributed by atoms with Crippen molar-refractivity contribution in [2.45, 2.75) is 11.5 Å². The Morgan fingerprint density at radius 2 is 1.81 bits per heavy atom. The van der Waals surface area contributed by atoms with Gasteiger partial charge in [-0.05, 0) is 53.6 Å². The van der Waals surface area contributed by atoms with E-state index in [1.165, 1.54) is 26.5 Å². The van der Waals surface area contributed by atoms with Crippen LogP contribution in [0.2, 0.25) is 0 Å². The third kappa shape index (κ3) is 6.55. The number of anilines is 1. The molecule has 3 N–H and O–H groups in total. The fourth-order valence-corrected chi connectivity index (χ4v) is 3.54. The van der Waals surface area contributed by atoms with Crippen molar-refractivity contribution in [2.75, 3.05) is 19.6 Å². The van der Waals surface area contributed by atoms with Crippen molar-refractivity contribution < 1.29 is 32.3 Å². The first-order valence-electron chi connectivity index (χ1n) is 10.2. The Hall–Kier alpha value is -4.49. The summed E-state index contributed by atoms with van der Waals surface area (Å²) in [6.07, 6.45) is 1.40. The number of esters is 1. The first-order valence-corrected chi connectivity index (χ1v) is 11.8. The summed E-state index contributed by atoms with van der Waals surface area (Å²) < 4.78 is 38.8. The van der Waals surface area contributed by atoms with Crippen molar-refractivity contribution in [1.82, 2.24) is 0 Å². The topological polar surface area (TPSA) is 172 Å². The summed E-state index contributed by atoms with van der Waals surface area (Å²) in [5.41, 5.74) is 3.86. The van der Waals surface area contributed by atoms with E-state index >= 15 is 0 Å². The lowest BCUT2D eigenvalue weighted by molar-refractivity contribution is -0.384. The number of rotatable bonds is 10. The number of ether oxygens (including phenoxy) is 3. The van der Waals surface area contributed by atoms with Crippen molar-refractivity contribution in [1.29, 1.82) is 0 Å². The van der Waals surface area contributed by atoms with Gasteiger partial charge in [0.05, 0.1) is 35.8 Å². The number of nitrogens with zero attached hydrogens (tertiary/aromatic N) is 2. The summed E-state index contributed by atoms with van der Waals surface area (Å²) >= 11 is 0. The van der Waals surface area contributed by atoms with Gasteiger partial charge in [-0.25, -0.2) is 18.4 Å². The number of methoxy groups -OCH3 is 2. The summed E-state index contributed by atoms with van der Waals surface area (Å²) in [7, 11) is -1.31. The molecule has 0 heterocycles. The van der Waals surface area contributed by atoms with E-state index in [1.54, 1.807) is 42.5 Å². The molecular weight excluding hydrogens is 492 g/mol. The molecule has 0 aromatic heterocycles. The van der Waals surface area contributed by atoms with Crippen LogP contribution in [-0.2, 0) is 21.4 Å². The maximum Gasteiger partial charge on any atom is 0.337 e. The van der Waals surface area contributed by atoms with E-state index in [2.05, 4.69) is 15.3 Å². The van der Waals surface area contributed by atoms with Crippen LogP contribution in [0, 0.1) is 10.1 Å². The van der Waals surface area contributed by atoms with Gasteiger partial charge in [-0.3, -0.25) is 15.5 Å². The lowest BCUT2D eigenvalue weighted by atomic mass is 10.1. The number of hydrogen-bond acceptors (Lipinski definition) is 10. The summed E-state index contributed by atoms with van der Waals surface area (Å²) in [6, 6.07) is 15.0. The number of nitrogens with two attached hydrogens (primary N) is 1. The Kier molecular flexibility index (Phi) is 8.19. The number of primary sulfonamides is 1. The van der Waals surface area contributed by atoms with Crippen LogP contribution in [0.4, 0.5) is 11.4 Å². The van der Waals surface area contributed by atoms with E-state index in [9.17, 15) is 23.3 Å². The standard InChI is InChI=1S/C23H22N4O8S/c1-33-22-11-16(5-10-21(22)35-14-15-3-6-17(7-4-15)23(28)34-2)13-25-26-19-9-8-18(36(24,31)32)12-20(19)27(29)30/h3-13,26H,14H2,1-2H3,(H2,24,31,32). The van der Waals surface area contributed by atoms with Crippen molar-refractivity contribution in [3.8, 4) is 11.5 Å². The Balaban J connectivity index is 1.69. The number of nitro benzene ring substituents is 1. The van der Waals surface area contributed by atoms with E-state index < -0.39 is 26.6 Å². The van der Waals surface area contributed by atoms with Gasteiger partial charge in [0.25, 0.3) is 5.69 Å². The minimum absolute atomic E-state index is 0.0196. The highest BCUT2D eigenvalue weighted by molar-refractivity contribution is 7.89. The maximum atomic E-state index is 11.5. The first-order chi connectivity index (χ1) is 17.1. The number of carbonyl (C=O) groups is 1. The number of nitro groups is 1. The van der Waals surface area contributed by atoms with Crippen LogP contribution in [0.25, 0.3) is 0 Å². The number of carbonyl (C=O) groups excluding carboxylic acids is 1. The van der Waals surface area contributed by atoms with Gasteiger partial charge < -0.3 is 14.2 Å². The molecule has 0 unspecified atom stereocenters. The molecule has 0 aliphatic carbocycles. The molecule has 0 aliphatic heterocycles. The molecule has 36 heavy (non-hydrogen) atoms. The maximum absolute atomic E-state index is 11.5. The minimum Gasteiger partial charge on any atom is -0.493 e. The lowest BCUT2D eigenvalue weighted by Crippen LogP contribution is -2.12. The van der Waals surface area contributed by atoms with E-state index in [4.69, 9.17) is 14.6 Å². The molecule has 13 heteroatoms. The van der Waals surface area contributed by atoms with Gasteiger partial charge in [-0.15, -0.1) is 0 Å². The quantitative estimate of drug-likeness (QED) is 0.178. The SMILES string of the molecule is COC(=O)c1ccc(COc2ccc(C=NNc3ccc(S(N)(=O)=O)cc3[N+](=O)[O-])cc2OC)cc1. The van der Waals surface area contributed by atoms with Crippen molar-refractivity contribution in [3.05, 3.63) is 87.5 Å². The molecule has 0 spiro atoms. The molecule has 0 fully saturated rings. The van der Waals surface area contributed by atoms with Crippen LogP contribution in [0.15, 0.2) is 70.7 Å². The summed E-state index contributed by atoms with van der Waals surface area (Å²) in [6.45, 7) is 0.227. The highest BCUT2D eigenvalue weighted by Crippen LogP contribution is 2.29. The molecule has 0 aliphatic rings. The normalized spacial score (nSPS) is 11.2. The number of sulfonamides is 1. The van der Waals surface area contributed by atoms with E-state index in [0.29, 0.717) is 22.6 Å². The number of nitrogens with one attached hydrogen (secondary N) is 1. The van der Waals surface area contributed by atoms with Crippen molar-refractivity contribution in [2.24, 2.45) is 10.2 Å². The molecule has 3 aromatic carbocycles. The minimum atomic E-state index is -4.10. The summed E-state index contributed by atoms with van der Waals surface area (Å²) in [5.74, 6) is 0.466. The monoisotopic (exact) mass is 514 g/mol. The van der Waals surface area contributed by atoms with Crippen LogP contribution in [0.1, 0.15) is 21.5 Å². The number of hydrazone groups is 1. The molecule has 0 bridgehead atoms. The van der Waals surface area contributed by atoms with Crippen LogP contribution in [0.3, 0.4) is 0 Å². The fourth-order valence-electron chi connectivity index (χ4n) is 3.01. The molecule has 0 saturated carbocycles. The van der Waals surface area contributed by atoms with Gasteiger partial charge in [-0.1, -0.05) is 12.1 Å². The molecule has 0 atom stereocenters. The lowest BCUT2D eigenvalue weighted by Gasteiger charge is -2.11. The average Bonchev–Trinajstić information content (AvgIpc) is 2.87. The molecule has 3 aromatic rings. The van der Waals surface area contributed by atoms with Gasteiger partial charge >= 0.3 is 5.97 Å². The zero-order chi connectivity index (χ0) is 26.3. The second-order valence-electron chi connectivity index (χ2n) is 7.24. The van der Waals surface area contributed by atoms with Gasteiger partial charge in [0.2, 0.25) is 10.0 Å². The third-order valence-corrected chi connectivity index (χ3v) is 5.76. The molecule has 0 amide bonds. The van der Waals surface area contributed by atoms with Crippen LogP contribution < -0.4 is 20.0 Å². The second-order valence-corrected chi connectivity index (χ2v) is 8.80. The average molecular weight is 515 g/mol. The van der Waals surface area contributed by atoms with Crippen LogP contribution in [-0.4, -0.2) is 39.7 Å². The third-order valence-electron chi connectivity index (χ3n) is 4.85. The first kappa shape index (κ1) is 26.1. The Morgan fingerprint density at radius 1 is 1.08 bits per heavy atom. The Morgan fingerprint density at radius 3 is 2.42 bits per heavy atom. The zero-order valence-electron chi connectivity index (χ0n) is 19.2. The smallest absolute Gasteiger partial charge is 0.337 e. The van der Waals surface area contributed by atoms with Gasteiger partial charge in [0, 0.05) is 6.07 Å². The molecule has 0 radical (unpaired) electrons. The molecule has 3 rings (SSSR count). The highest BCUT2D eigenvalue weighted by Gasteiger charge is 2.18. The Bertz CT molecular complexity index is 1410.